The molecule has 0 bridgehead atoms. The zero-order valence-corrected chi connectivity index (χ0v) is 11.4. The Morgan fingerprint density at radius 3 is 2.83 bits per heavy atom. The summed E-state index contributed by atoms with van der Waals surface area (Å²) in [5.41, 5.74) is 5.79. The highest BCUT2D eigenvalue weighted by Crippen LogP contribution is 2.09. The van der Waals surface area contributed by atoms with Crippen LogP contribution in [0.3, 0.4) is 0 Å². The van der Waals surface area contributed by atoms with Crippen molar-refractivity contribution in [2.45, 2.75) is 58.0 Å². The molecule has 5 nitrogen and oxygen atoms in total. The van der Waals surface area contributed by atoms with Crippen LogP contribution in [0.15, 0.2) is 0 Å². The van der Waals surface area contributed by atoms with E-state index in [1.807, 2.05) is 11.8 Å². The Bertz CT molecular complexity index is 294. The van der Waals surface area contributed by atoms with Crippen LogP contribution in [0.25, 0.3) is 0 Å². The van der Waals surface area contributed by atoms with E-state index >= 15 is 0 Å². The van der Waals surface area contributed by atoms with E-state index in [0.29, 0.717) is 13.0 Å². The molecule has 104 valence electrons. The number of carbonyl (C=O) groups excluding carboxylic acids is 2. The molecule has 1 aliphatic rings. The molecule has 0 saturated carbocycles. The average molecular weight is 255 g/mol. The van der Waals surface area contributed by atoms with E-state index in [0.717, 1.165) is 32.2 Å². The maximum atomic E-state index is 11.8. The van der Waals surface area contributed by atoms with Gasteiger partial charge in [-0.25, -0.2) is 0 Å². The zero-order valence-electron chi connectivity index (χ0n) is 11.4. The summed E-state index contributed by atoms with van der Waals surface area (Å²) in [6, 6.07) is -0.464. The molecule has 1 saturated heterocycles. The van der Waals surface area contributed by atoms with E-state index in [1.54, 1.807) is 0 Å². The molecule has 2 amide bonds. The third kappa shape index (κ3) is 4.64. The molecule has 5 heteroatoms. The van der Waals surface area contributed by atoms with Crippen LogP contribution in [0.1, 0.15) is 46.0 Å². The number of hydrogen-bond donors (Lipinski definition) is 2. The Morgan fingerprint density at radius 1 is 1.56 bits per heavy atom. The second-order valence-corrected chi connectivity index (χ2v) is 5.10. The van der Waals surface area contributed by atoms with Crippen molar-refractivity contribution in [2.24, 2.45) is 5.73 Å². The number of unbranched alkanes of at least 4 members (excludes halogenated alkanes) is 1. The van der Waals surface area contributed by atoms with Gasteiger partial charge in [-0.15, -0.1) is 0 Å². The molecule has 0 radical (unpaired) electrons. The Balaban J connectivity index is 2.28. The molecule has 1 aliphatic heterocycles. The molecule has 18 heavy (non-hydrogen) atoms. The number of amides is 2. The molecule has 0 aliphatic carbocycles. The van der Waals surface area contributed by atoms with E-state index in [2.05, 4.69) is 12.2 Å². The third-order valence-electron chi connectivity index (χ3n) is 3.26. The summed E-state index contributed by atoms with van der Waals surface area (Å²) >= 11 is 0. The number of nitrogens with two attached hydrogens (primary N) is 1. The fourth-order valence-electron chi connectivity index (χ4n) is 2.18. The Kier molecular flexibility index (Phi) is 6.12. The Hall–Kier alpha value is -1.10. The van der Waals surface area contributed by atoms with Gasteiger partial charge in [-0.2, -0.15) is 0 Å². The van der Waals surface area contributed by atoms with E-state index in [9.17, 15) is 9.59 Å². The lowest BCUT2D eigenvalue weighted by Crippen LogP contribution is -2.48. The molecule has 1 fully saturated rings. The molecular weight excluding hydrogens is 230 g/mol. The number of nitrogens with zero attached hydrogens (tertiary/aromatic N) is 1. The van der Waals surface area contributed by atoms with Gasteiger partial charge in [-0.1, -0.05) is 19.8 Å². The highest BCUT2D eigenvalue weighted by atomic mass is 16.2. The second kappa shape index (κ2) is 7.36. The first-order valence-corrected chi connectivity index (χ1v) is 6.88. The zero-order chi connectivity index (χ0) is 13.5. The number of nitrogens with one attached hydrogen (secondary N) is 1. The summed E-state index contributed by atoms with van der Waals surface area (Å²) in [5, 5.41) is 2.88. The molecule has 3 N–H and O–H groups in total. The molecule has 2 atom stereocenters. The highest BCUT2D eigenvalue weighted by Gasteiger charge is 2.23. The van der Waals surface area contributed by atoms with Crippen LogP contribution in [0.5, 0.6) is 0 Å². The van der Waals surface area contributed by atoms with Crippen LogP contribution >= 0.6 is 0 Å². The van der Waals surface area contributed by atoms with Crippen molar-refractivity contribution in [3.05, 3.63) is 0 Å². The predicted octanol–water partition coefficient (Wildman–Crippen LogP) is 0.631. The van der Waals surface area contributed by atoms with Crippen LogP contribution in [-0.2, 0) is 9.59 Å². The second-order valence-electron chi connectivity index (χ2n) is 5.10. The fourth-order valence-corrected chi connectivity index (χ4v) is 2.18. The van der Waals surface area contributed by atoms with Gasteiger partial charge in [0.25, 0.3) is 0 Å². The minimum atomic E-state index is -0.429. The molecule has 0 aromatic rings. The summed E-state index contributed by atoms with van der Waals surface area (Å²) in [4.78, 5) is 25.0. The number of carbonyl (C=O) groups is 2. The molecule has 1 unspecified atom stereocenters. The lowest BCUT2D eigenvalue weighted by atomic mass is 10.1. The average Bonchev–Trinajstić information content (AvgIpc) is 2.71. The largest absolute Gasteiger partial charge is 0.351 e. The van der Waals surface area contributed by atoms with Crippen molar-refractivity contribution in [1.82, 2.24) is 10.2 Å². The van der Waals surface area contributed by atoms with Crippen molar-refractivity contribution in [2.75, 3.05) is 13.1 Å². The van der Waals surface area contributed by atoms with Gasteiger partial charge in [0.1, 0.15) is 0 Å². The van der Waals surface area contributed by atoms with E-state index < -0.39 is 6.04 Å². The van der Waals surface area contributed by atoms with Crippen molar-refractivity contribution in [3.8, 4) is 0 Å². The van der Waals surface area contributed by atoms with Crippen LogP contribution < -0.4 is 11.1 Å². The summed E-state index contributed by atoms with van der Waals surface area (Å²) in [6.07, 6.45) is 4.29. The quantitative estimate of drug-likeness (QED) is 0.700. The molecule has 1 heterocycles. The monoisotopic (exact) mass is 255 g/mol. The normalized spacial score (nSPS) is 18.8. The Morgan fingerprint density at radius 2 is 2.28 bits per heavy atom. The SMILES string of the molecule is CCCC[C@H](N)C(=O)NC(C)CN1CCCC1=O. The summed E-state index contributed by atoms with van der Waals surface area (Å²) in [6.45, 7) is 5.38. The van der Waals surface area contributed by atoms with Gasteiger partial charge in [0.05, 0.1) is 6.04 Å². The van der Waals surface area contributed by atoms with Crippen molar-refractivity contribution in [1.29, 1.82) is 0 Å². The molecule has 0 aromatic heterocycles. The molecule has 1 rings (SSSR count). The van der Waals surface area contributed by atoms with Gasteiger partial charge in [0, 0.05) is 25.6 Å². The first kappa shape index (κ1) is 15.0. The van der Waals surface area contributed by atoms with Gasteiger partial charge in [-0.3, -0.25) is 9.59 Å². The van der Waals surface area contributed by atoms with Crippen molar-refractivity contribution >= 4 is 11.8 Å². The standard InChI is InChI=1S/C13H25N3O2/c1-3-4-6-11(14)13(18)15-10(2)9-16-8-5-7-12(16)17/h10-11H,3-9,14H2,1-2H3,(H,15,18)/t10?,11-/m0/s1. The van der Waals surface area contributed by atoms with Gasteiger partial charge >= 0.3 is 0 Å². The van der Waals surface area contributed by atoms with Crippen LogP contribution in [0.2, 0.25) is 0 Å². The van der Waals surface area contributed by atoms with Crippen LogP contribution in [0, 0.1) is 0 Å². The fraction of sp³-hybridized carbons (Fsp3) is 0.846. The van der Waals surface area contributed by atoms with Crippen LogP contribution in [-0.4, -0.2) is 41.9 Å². The van der Waals surface area contributed by atoms with Gasteiger partial charge in [0.15, 0.2) is 0 Å². The molecular formula is C13H25N3O2. The smallest absolute Gasteiger partial charge is 0.237 e. The maximum absolute atomic E-state index is 11.8. The minimum Gasteiger partial charge on any atom is -0.351 e. The number of hydrogen-bond acceptors (Lipinski definition) is 3. The third-order valence-corrected chi connectivity index (χ3v) is 3.26. The summed E-state index contributed by atoms with van der Waals surface area (Å²) in [7, 11) is 0. The summed E-state index contributed by atoms with van der Waals surface area (Å²) < 4.78 is 0. The predicted molar refractivity (Wildman–Crippen MR) is 70.9 cm³/mol. The Labute approximate surface area is 109 Å². The number of rotatable bonds is 7. The lowest BCUT2D eigenvalue weighted by Gasteiger charge is -2.23. The minimum absolute atomic E-state index is 0.0350. The first-order valence-electron chi connectivity index (χ1n) is 6.88. The first-order chi connectivity index (χ1) is 8.54. The molecule has 0 aromatic carbocycles. The van der Waals surface area contributed by atoms with Gasteiger partial charge in [0.2, 0.25) is 11.8 Å². The van der Waals surface area contributed by atoms with E-state index in [1.165, 1.54) is 0 Å². The molecule has 0 spiro atoms. The lowest BCUT2D eigenvalue weighted by molar-refractivity contribution is -0.129. The van der Waals surface area contributed by atoms with Gasteiger partial charge in [-0.05, 0) is 19.8 Å². The van der Waals surface area contributed by atoms with Crippen molar-refractivity contribution < 1.29 is 9.59 Å². The highest BCUT2D eigenvalue weighted by molar-refractivity contribution is 5.82. The van der Waals surface area contributed by atoms with Gasteiger partial charge < -0.3 is 16.0 Å². The van der Waals surface area contributed by atoms with Crippen molar-refractivity contribution in [3.63, 3.8) is 0 Å². The van der Waals surface area contributed by atoms with E-state index in [4.69, 9.17) is 5.73 Å². The maximum Gasteiger partial charge on any atom is 0.237 e. The van der Waals surface area contributed by atoms with E-state index in [-0.39, 0.29) is 17.9 Å². The number of likely N-dealkylation sites (tertiary alicyclic amines) is 1. The van der Waals surface area contributed by atoms with Crippen LogP contribution in [0.4, 0.5) is 0 Å². The summed E-state index contributed by atoms with van der Waals surface area (Å²) in [5.74, 6) is 0.0778. The topological polar surface area (TPSA) is 75.4 Å².